The first-order chi connectivity index (χ1) is 13.6. The maximum Gasteiger partial charge on any atom is 0.200 e. The van der Waals surface area contributed by atoms with Gasteiger partial charge in [0.15, 0.2) is 0 Å². The number of nitrogens with one attached hydrogen (secondary N) is 3. The molecule has 0 saturated carbocycles. The van der Waals surface area contributed by atoms with E-state index in [1.54, 1.807) is 12.4 Å². The van der Waals surface area contributed by atoms with E-state index in [-0.39, 0.29) is 7.43 Å². The first-order valence-electron chi connectivity index (χ1n) is 9.14. The molecule has 0 amide bonds. The molecule has 0 atom stereocenters. The molecule has 1 aromatic carbocycles. The Balaban J connectivity index is 0.00000240. The fourth-order valence-corrected chi connectivity index (χ4v) is 3.26. The molecule has 0 saturated heterocycles. The number of aromatic nitrogens is 5. The van der Waals surface area contributed by atoms with E-state index in [1.807, 2.05) is 42.6 Å². The van der Waals surface area contributed by atoms with Gasteiger partial charge in [-0.3, -0.25) is 10.1 Å². The van der Waals surface area contributed by atoms with Crippen LogP contribution in [0.25, 0.3) is 22.4 Å². The Labute approximate surface area is 175 Å². The van der Waals surface area contributed by atoms with Crippen LogP contribution in [0.5, 0.6) is 0 Å². The van der Waals surface area contributed by atoms with Gasteiger partial charge in [-0.25, -0.2) is 4.98 Å². The van der Waals surface area contributed by atoms with Gasteiger partial charge in [-0.05, 0) is 43.7 Å². The van der Waals surface area contributed by atoms with Crippen molar-refractivity contribution in [1.29, 1.82) is 0 Å². The molecule has 0 unspecified atom stereocenters. The SMILES string of the molecule is C.CC(C)Nc1ncc(Cc2[nH]nc(-c3ccc(Cl)cc3)c2-c2ccncc2)[nH]1. The third kappa shape index (κ3) is 4.66. The first kappa shape index (κ1) is 20.6. The van der Waals surface area contributed by atoms with Crippen molar-refractivity contribution in [3.63, 3.8) is 0 Å². The average Bonchev–Trinajstić information content (AvgIpc) is 3.30. The molecule has 6 nitrogen and oxygen atoms in total. The summed E-state index contributed by atoms with van der Waals surface area (Å²) in [6.07, 6.45) is 6.09. The molecule has 3 heterocycles. The minimum atomic E-state index is 0. The molecule has 3 N–H and O–H groups in total. The summed E-state index contributed by atoms with van der Waals surface area (Å²) in [4.78, 5) is 11.9. The predicted octanol–water partition coefficient (Wildman–Crippen LogP) is 5.56. The monoisotopic (exact) mass is 408 g/mol. The number of imidazole rings is 1. The van der Waals surface area contributed by atoms with Gasteiger partial charge in [-0.1, -0.05) is 31.2 Å². The van der Waals surface area contributed by atoms with Gasteiger partial charge in [0.05, 0.1) is 6.20 Å². The van der Waals surface area contributed by atoms with Crippen molar-refractivity contribution in [3.05, 3.63) is 71.4 Å². The molecular weight excluding hydrogens is 384 g/mol. The summed E-state index contributed by atoms with van der Waals surface area (Å²) >= 11 is 6.05. The van der Waals surface area contributed by atoms with Crippen molar-refractivity contribution in [2.45, 2.75) is 33.7 Å². The van der Waals surface area contributed by atoms with Gasteiger partial charge in [0.2, 0.25) is 5.95 Å². The van der Waals surface area contributed by atoms with Crippen molar-refractivity contribution in [2.24, 2.45) is 0 Å². The number of nitrogens with zero attached hydrogens (tertiary/aromatic N) is 3. The van der Waals surface area contributed by atoms with Crippen LogP contribution in [0.2, 0.25) is 5.02 Å². The molecule has 0 spiro atoms. The minimum Gasteiger partial charge on any atom is -0.354 e. The summed E-state index contributed by atoms with van der Waals surface area (Å²) in [7, 11) is 0. The lowest BCUT2D eigenvalue weighted by Crippen LogP contribution is -2.10. The normalized spacial score (nSPS) is 10.8. The van der Waals surface area contributed by atoms with Crippen LogP contribution in [0.4, 0.5) is 5.95 Å². The second-order valence-electron chi connectivity index (χ2n) is 6.90. The summed E-state index contributed by atoms with van der Waals surface area (Å²) in [5.41, 5.74) is 6.02. The summed E-state index contributed by atoms with van der Waals surface area (Å²) in [5, 5.41) is 11.8. The van der Waals surface area contributed by atoms with E-state index in [2.05, 4.69) is 44.3 Å². The Kier molecular flexibility index (Phi) is 6.34. The van der Waals surface area contributed by atoms with Crippen LogP contribution in [-0.4, -0.2) is 31.2 Å². The third-order valence-corrected chi connectivity index (χ3v) is 4.60. The van der Waals surface area contributed by atoms with Crippen molar-refractivity contribution in [2.75, 3.05) is 5.32 Å². The van der Waals surface area contributed by atoms with Crippen molar-refractivity contribution in [1.82, 2.24) is 25.1 Å². The van der Waals surface area contributed by atoms with Gasteiger partial charge in [0.25, 0.3) is 0 Å². The lowest BCUT2D eigenvalue weighted by atomic mass is 9.98. The third-order valence-electron chi connectivity index (χ3n) is 4.35. The molecule has 150 valence electrons. The fraction of sp³-hybridized carbons (Fsp3) is 0.227. The van der Waals surface area contributed by atoms with E-state index in [4.69, 9.17) is 11.6 Å². The van der Waals surface area contributed by atoms with E-state index in [0.29, 0.717) is 17.5 Å². The summed E-state index contributed by atoms with van der Waals surface area (Å²) in [6.45, 7) is 4.16. The molecule has 4 rings (SSSR count). The number of anilines is 1. The van der Waals surface area contributed by atoms with E-state index in [1.165, 1.54) is 0 Å². The summed E-state index contributed by atoms with van der Waals surface area (Å²) in [5.74, 6) is 0.771. The Morgan fingerprint density at radius 1 is 1.03 bits per heavy atom. The molecule has 3 aromatic heterocycles. The van der Waals surface area contributed by atoms with Crippen LogP contribution in [0.3, 0.4) is 0 Å². The number of hydrogen-bond donors (Lipinski definition) is 3. The molecule has 0 bridgehead atoms. The largest absolute Gasteiger partial charge is 0.354 e. The highest BCUT2D eigenvalue weighted by atomic mass is 35.5. The van der Waals surface area contributed by atoms with E-state index < -0.39 is 0 Å². The van der Waals surface area contributed by atoms with Gasteiger partial charge in [0.1, 0.15) is 5.69 Å². The number of halogens is 1. The van der Waals surface area contributed by atoms with Crippen LogP contribution in [0.1, 0.15) is 32.7 Å². The maximum atomic E-state index is 6.05. The topological polar surface area (TPSA) is 82.3 Å². The maximum absolute atomic E-state index is 6.05. The molecule has 29 heavy (non-hydrogen) atoms. The van der Waals surface area contributed by atoms with Crippen LogP contribution < -0.4 is 5.32 Å². The fourth-order valence-electron chi connectivity index (χ4n) is 3.14. The second kappa shape index (κ2) is 8.92. The molecule has 0 aliphatic carbocycles. The predicted molar refractivity (Wildman–Crippen MR) is 119 cm³/mol. The average molecular weight is 409 g/mol. The lowest BCUT2D eigenvalue weighted by molar-refractivity contribution is 0.879. The molecule has 0 radical (unpaired) electrons. The zero-order chi connectivity index (χ0) is 19.5. The second-order valence-corrected chi connectivity index (χ2v) is 7.34. The molecule has 0 aliphatic rings. The smallest absolute Gasteiger partial charge is 0.200 e. The molecule has 7 heteroatoms. The van der Waals surface area contributed by atoms with Gasteiger partial charge in [0, 0.05) is 52.4 Å². The Morgan fingerprint density at radius 3 is 2.45 bits per heavy atom. The highest BCUT2D eigenvalue weighted by Crippen LogP contribution is 2.34. The van der Waals surface area contributed by atoms with E-state index >= 15 is 0 Å². The first-order valence-corrected chi connectivity index (χ1v) is 9.52. The Bertz CT molecular complexity index is 1050. The molecule has 4 aromatic rings. The van der Waals surface area contributed by atoms with Crippen LogP contribution in [0.15, 0.2) is 55.0 Å². The van der Waals surface area contributed by atoms with Crippen molar-refractivity contribution in [3.8, 4) is 22.4 Å². The lowest BCUT2D eigenvalue weighted by Gasteiger charge is -2.07. The molecule has 0 fully saturated rings. The van der Waals surface area contributed by atoms with Gasteiger partial charge >= 0.3 is 0 Å². The number of rotatable bonds is 6. The van der Waals surface area contributed by atoms with Crippen molar-refractivity contribution >= 4 is 17.5 Å². The highest BCUT2D eigenvalue weighted by molar-refractivity contribution is 6.30. The number of hydrogen-bond acceptors (Lipinski definition) is 4. The Hall–Kier alpha value is -3.12. The summed E-state index contributed by atoms with van der Waals surface area (Å²) in [6, 6.07) is 12.0. The molecule has 0 aliphatic heterocycles. The minimum absolute atomic E-state index is 0. The number of benzene rings is 1. The zero-order valence-electron chi connectivity index (χ0n) is 15.7. The van der Waals surface area contributed by atoms with Crippen molar-refractivity contribution < 1.29 is 0 Å². The zero-order valence-corrected chi connectivity index (χ0v) is 16.5. The summed E-state index contributed by atoms with van der Waals surface area (Å²) < 4.78 is 0. The van der Waals surface area contributed by atoms with Gasteiger partial charge in [-0.2, -0.15) is 5.10 Å². The quantitative estimate of drug-likeness (QED) is 0.390. The standard InChI is InChI=1S/C21H21ClN6.CH4/c1-13(2)25-21-24-12-17(26-21)11-18-19(14-7-9-23-10-8-14)20(28-27-18)15-3-5-16(22)6-4-15;/h3-10,12-13H,11H2,1-2H3,(H,27,28)(H2,24,25,26);1H4. The Morgan fingerprint density at radius 2 is 1.76 bits per heavy atom. The van der Waals surface area contributed by atoms with Crippen LogP contribution in [-0.2, 0) is 6.42 Å². The number of H-pyrrole nitrogens is 2. The molecular formula is C22H25ClN6. The van der Waals surface area contributed by atoms with Crippen LogP contribution in [0, 0.1) is 0 Å². The van der Waals surface area contributed by atoms with Gasteiger partial charge in [-0.15, -0.1) is 0 Å². The van der Waals surface area contributed by atoms with E-state index in [0.717, 1.165) is 39.7 Å². The van der Waals surface area contributed by atoms with Crippen LogP contribution >= 0.6 is 11.6 Å². The number of aromatic amines is 2. The highest BCUT2D eigenvalue weighted by Gasteiger charge is 2.18. The van der Waals surface area contributed by atoms with E-state index in [9.17, 15) is 0 Å². The van der Waals surface area contributed by atoms with Gasteiger partial charge < -0.3 is 10.3 Å². The number of pyridine rings is 1.